The number of ketones is 1. The zero-order chi connectivity index (χ0) is 78.1. The van der Waals surface area contributed by atoms with Crippen molar-refractivity contribution in [2.75, 3.05) is 6.16 Å². The highest BCUT2D eigenvalue weighted by molar-refractivity contribution is 7.78. The Balaban J connectivity index is 0.000000282. The summed E-state index contributed by atoms with van der Waals surface area (Å²) in [6, 6.07) is 19.2. The Morgan fingerprint density at radius 2 is 0.971 bits per heavy atom. The van der Waals surface area contributed by atoms with Crippen molar-refractivity contribution in [1.82, 2.24) is 0 Å². The van der Waals surface area contributed by atoms with Gasteiger partial charge >= 0.3 is 0 Å². The lowest BCUT2D eigenvalue weighted by Crippen LogP contribution is -2.45. The van der Waals surface area contributed by atoms with E-state index in [1.165, 1.54) is 69.8 Å². The molecule has 10 atom stereocenters. The SMILES string of the molecule is C.C=C1/C(=C\C=C2/CCC[C@@]3(C)C2CCC3C(C)(CCCC(C)(C)O)CCCC(C)(C)O)CC(O)C[C@@H]1F.C=C1/C(=C\CP(=O)(c2ccccc2)c2ccccc2)CC(O[Si](C)(C)C(C)(C)C)C[C@@H]1F.CC(C)(CCCC(C)(CCCC(C)(C)O[Si](C)(C)C)C1CCC2C(=O)CCC[C@@]21C)O[Si](C)(C)C. The van der Waals surface area contributed by atoms with Crippen molar-refractivity contribution >= 4 is 48.5 Å². The Bertz CT molecular complexity index is 3170. The van der Waals surface area contributed by atoms with E-state index in [1.54, 1.807) is 0 Å². The van der Waals surface area contributed by atoms with Crippen molar-refractivity contribution in [3.05, 3.63) is 120 Å². The highest BCUT2D eigenvalue weighted by atomic mass is 31.2. The number of hydrogen-bond acceptors (Lipinski definition) is 8. The van der Waals surface area contributed by atoms with Crippen molar-refractivity contribution < 1.29 is 46.7 Å². The van der Waals surface area contributed by atoms with Crippen molar-refractivity contribution in [3.8, 4) is 0 Å². The van der Waals surface area contributed by atoms with Crippen molar-refractivity contribution in [2.24, 2.45) is 45.3 Å². The van der Waals surface area contributed by atoms with Crippen molar-refractivity contribution in [3.63, 3.8) is 0 Å². The van der Waals surface area contributed by atoms with Crippen LogP contribution in [0.15, 0.2) is 120 Å². The summed E-state index contributed by atoms with van der Waals surface area (Å²) in [4.78, 5) is 12.9. The Morgan fingerprint density at radius 3 is 1.41 bits per heavy atom. The predicted octanol–water partition coefficient (Wildman–Crippen LogP) is 25.0. The summed E-state index contributed by atoms with van der Waals surface area (Å²) in [5, 5.41) is 32.5. The zero-order valence-electron chi connectivity index (χ0n) is 70.2. The Hall–Kier alpha value is -2.69. The van der Waals surface area contributed by atoms with E-state index in [0.29, 0.717) is 66.0 Å². The Labute approximate surface area is 645 Å². The average molecular weight is 1530 g/mol. The third-order valence-electron chi connectivity index (χ3n) is 25.9. The first kappa shape index (κ1) is 92.9. The number of benzene rings is 2. The molecular formula is C91H155F2O8PSi3. The average Bonchev–Trinajstić information content (AvgIpc) is 1.61. The molecule has 6 aliphatic rings. The van der Waals surface area contributed by atoms with Crippen LogP contribution in [0.25, 0.3) is 0 Å². The number of rotatable bonds is 29. The molecule has 8 rings (SSSR count). The fourth-order valence-electron chi connectivity index (χ4n) is 20.2. The third kappa shape index (κ3) is 26.5. The van der Waals surface area contributed by atoms with Gasteiger partial charge < -0.3 is 33.2 Å². The van der Waals surface area contributed by atoms with Crippen LogP contribution >= 0.6 is 7.14 Å². The first-order valence-corrected chi connectivity index (χ1v) is 52.5. The highest BCUT2D eigenvalue weighted by Gasteiger charge is 2.57. The number of aliphatic hydroxyl groups is 3. The van der Waals surface area contributed by atoms with E-state index in [4.69, 9.17) is 13.3 Å². The molecular weight excluding hydrogens is 1370 g/mol. The molecule has 105 heavy (non-hydrogen) atoms. The molecule has 0 radical (unpaired) electrons. The molecule has 6 fully saturated rings. The third-order valence-corrected chi connectivity index (χ3v) is 35.8. The van der Waals surface area contributed by atoms with Gasteiger partial charge in [-0.25, -0.2) is 8.78 Å². The van der Waals surface area contributed by atoms with Gasteiger partial charge in [-0.15, -0.1) is 0 Å². The summed E-state index contributed by atoms with van der Waals surface area (Å²) in [5.41, 5.74) is 3.72. The maximum Gasteiger partial charge on any atom is 0.192 e. The van der Waals surface area contributed by atoms with Crippen LogP contribution in [0.2, 0.25) is 57.4 Å². The first-order chi connectivity index (χ1) is 47.7. The van der Waals surface area contributed by atoms with Gasteiger partial charge in [0.2, 0.25) is 0 Å². The first-order valence-electron chi connectivity index (χ1n) is 40.9. The van der Waals surface area contributed by atoms with Gasteiger partial charge in [0.15, 0.2) is 25.0 Å². The van der Waals surface area contributed by atoms with E-state index >= 15 is 0 Å². The monoisotopic (exact) mass is 1530 g/mol. The van der Waals surface area contributed by atoms with Gasteiger partial charge in [-0.05, 0) is 297 Å². The minimum absolute atomic E-state index is 0. The molecule has 0 heterocycles. The maximum atomic E-state index is 14.9. The molecule has 0 saturated heterocycles. The summed E-state index contributed by atoms with van der Waals surface area (Å²) < 4.78 is 63.2. The molecule has 6 saturated carbocycles. The van der Waals surface area contributed by atoms with Crippen LogP contribution in [0, 0.1) is 45.3 Å². The number of allylic oxidation sites excluding steroid dienone is 6. The summed E-state index contributed by atoms with van der Waals surface area (Å²) in [5.74, 6) is 2.64. The molecule has 2 aromatic rings. The van der Waals surface area contributed by atoms with E-state index in [0.717, 1.165) is 98.8 Å². The van der Waals surface area contributed by atoms with Gasteiger partial charge in [0.1, 0.15) is 25.3 Å². The topological polar surface area (TPSA) is 123 Å². The summed E-state index contributed by atoms with van der Waals surface area (Å²) >= 11 is 0. The molecule has 8 nitrogen and oxygen atoms in total. The molecule has 0 amide bonds. The largest absolute Gasteiger partial charge is 0.413 e. The van der Waals surface area contributed by atoms with E-state index < -0.39 is 61.7 Å². The zero-order valence-corrected chi connectivity index (χ0v) is 74.1. The lowest BCUT2D eigenvalue weighted by atomic mass is 9.55. The predicted molar refractivity (Wildman–Crippen MR) is 453 cm³/mol. The molecule has 0 spiro atoms. The number of carbonyl (C=O) groups is 1. The molecule has 0 aliphatic heterocycles. The highest BCUT2D eigenvalue weighted by Crippen LogP contribution is 2.65. The second-order valence-electron chi connectivity index (χ2n) is 40.6. The lowest BCUT2D eigenvalue weighted by Gasteiger charge is -2.50. The van der Waals surface area contributed by atoms with Crippen LogP contribution in [-0.4, -0.2) is 99.2 Å². The molecule has 0 aromatic heterocycles. The minimum atomic E-state index is -2.90. The normalized spacial score (nSPS) is 27.5. The summed E-state index contributed by atoms with van der Waals surface area (Å²) in [6.45, 7) is 59.5. The van der Waals surface area contributed by atoms with E-state index in [-0.39, 0.29) is 57.9 Å². The molecule has 14 heteroatoms. The minimum Gasteiger partial charge on any atom is -0.413 e. The molecule has 2 aromatic carbocycles. The van der Waals surface area contributed by atoms with Crippen LogP contribution in [-0.2, 0) is 22.6 Å². The van der Waals surface area contributed by atoms with Gasteiger partial charge in [-0.1, -0.05) is 179 Å². The molecule has 3 N–H and O–H groups in total. The number of aliphatic hydroxyl groups excluding tert-OH is 1. The quantitative estimate of drug-likeness (QED) is 0.0544. The van der Waals surface area contributed by atoms with Crippen molar-refractivity contribution in [2.45, 2.75) is 383 Å². The van der Waals surface area contributed by atoms with E-state index in [1.807, 2.05) is 94.4 Å². The summed E-state index contributed by atoms with van der Waals surface area (Å²) in [6.07, 6.45) is 29.5. The number of fused-ring (bicyclic) bond motifs is 2. The van der Waals surface area contributed by atoms with Crippen LogP contribution < -0.4 is 10.6 Å². The van der Waals surface area contributed by atoms with Gasteiger partial charge in [0.25, 0.3) is 0 Å². The lowest BCUT2D eigenvalue weighted by molar-refractivity contribution is -0.131. The van der Waals surface area contributed by atoms with E-state index in [9.17, 15) is 33.5 Å². The molecule has 6 aliphatic carbocycles. The number of halogens is 2. The summed E-state index contributed by atoms with van der Waals surface area (Å²) in [7, 11) is -8.05. The number of Topliss-reactive ketones (excluding diaryl/α,β-unsaturated/α-hetero) is 1. The molecule has 0 bridgehead atoms. The number of carbonyl (C=O) groups excluding carboxylic acids is 1. The van der Waals surface area contributed by atoms with E-state index in [2.05, 4.69) is 154 Å². The molecule has 598 valence electrons. The Morgan fingerprint density at radius 1 is 0.562 bits per heavy atom. The van der Waals surface area contributed by atoms with Gasteiger partial charge in [-0.3, -0.25) is 4.79 Å². The van der Waals surface area contributed by atoms with Gasteiger partial charge in [0, 0.05) is 42.0 Å². The van der Waals surface area contributed by atoms with Crippen LogP contribution in [0.5, 0.6) is 0 Å². The number of alkyl halides is 2. The fraction of sp³-hybridized carbons (Fsp3) is 0.747. The van der Waals surface area contributed by atoms with Gasteiger partial charge in [0.05, 0.1) is 34.6 Å². The van der Waals surface area contributed by atoms with Crippen molar-refractivity contribution in [1.29, 1.82) is 0 Å². The second kappa shape index (κ2) is 36.9. The fourth-order valence-corrected chi connectivity index (χ4v) is 27.5. The van der Waals surface area contributed by atoms with Crippen LogP contribution in [0.1, 0.15) is 278 Å². The molecule has 6 unspecified atom stereocenters. The van der Waals surface area contributed by atoms with Crippen LogP contribution in [0.3, 0.4) is 0 Å². The maximum absolute atomic E-state index is 14.9. The van der Waals surface area contributed by atoms with Crippen LogP contribution in [0.4, 0.5) is 8.78 Å². The van der Waals surface area contributed by atoms with Gasteiger partial charge in [-0.2, -0.15) is 0 Å². The smallest absolute Gasteiger partial charge is 0.192 e. The second-order valence-corrected chi connectivity index (χ2v) is 57.1. The number of hydrogen-bond donors (Lipinski definition) is 3. The Kier molecular flexibility index (Phi) is 32.6. The standard InChI is InChI=1S/C33H55FO3.C30H60O3Si2.C27H36FO2PSi.CH4/c1-23-25(21-26(35)22-28(23)34)13-12-24-11-8-20-33(7)27(24)14-15-29(33)32(6,18-9-16-30(2,3)36)19-10-17-31(4,5)37;1-27(2,32-34(7,8)9)19-14-21-29(5,22-15-20-28(3,4)33-35(10,11)12)26-18-17-24-25(31)16-13-23-30(24,26)6;1-21-22(19-23(20-26(21)28)30-32(5,6)27(2,3)4)17-18-31(29,24-13-9-7-10-14-24)25-15-11-8-12-16-25;/h12-13,26-29,35-37H,1,8-11,14-22H2,2-7H3;24,26H,13-23H2,1-12H3;7-17,23,26H,1,18-20H2,2-6H3;1H4/b24-12+,25-13-;;22-17-;/t26?,27?,28-,29?,33-;24?,26?,30-;23?,26-;/m000./s1.